The molecule has 5 heteroatoms. The van der Waals surface area contributed by atoms with E-state index in [1.807, 2.05) is 24.3 Å². The highest BCUT2D eigenvalue weighted by Gasteiger charge is 2.26. The number of aromatic amines is 1. The number of nitrogens with zero attached hydrogens (tertiary/aromatic N) is 1. The van der Waals surface area contributed by atoms with Crippen LogP contribution in [0.3, 0.4) is 0 Å². The van der Waals surface area contributed by atoms with E-state index in [0.29, 0.717) is 0 Å². The van der Waals surface area contributed by atoms with E-state index < -0.39 is 11.2 Å². The summed E-state index contributed by atoms with van der Waals surface area (Å²) < 4.78 is 0. The van der Waals surface area contributed by atoms with Gasteiger partial charge in [0, 0.05) is 23.1 Å². The predicted molar refractivity (Wildman–Crippen MR) is 114 cm³/mol. The van der Waals surface area contributed by atoms with E-state index in [2.05, 4.69) is 54.3 Å². The van der Waals surface area contributed by atoms with E-state index in [-0.39, 0.29) is 5.25 Å². The molecular formula is C22H26N2O2S. The Bertz CT molecular complexity index is 905. The fraction of sp³-hybridized carbons (Fsp3) is 0.318. The van der Waals surface area contributed by atoms with E-state index in [1.54, 1.807) is 6.92 Å². The number of nitrogens with one attached hydrogen (secondary N) is 1. The normalized spacial score (nSPS) is 13.8. The molecule has 2 N–H and O–H groups in total. The smallest absolute Gasteiger partial charge is 0.316 e. The average Bonchev–Trinajstić information content (AvgIpc) is 3.03. The van der Waals surface area contributed by atoms with Gasteiger partial charge in [0.05, 0.1) is 5.25 Å². The van der Waals surface area contributed by atoms with Gasteiger partial charge in [0.25, 0.3) is 0 Å². The van der Waals surface area contributed by atoms with Crippen LogP contribution >= 0.6 is 11.8 Å². The molecule has 3 aromatic rings. The molecule has 0 amide bonds. The Morgan fingerprint density at radius 1 is 1.11 bits per heavy atom. The van der Waals surface area contributed by atoms with Crippen molar-refractivity contribution in [3.63, 3.8) is 0 Å². The van der Waals surface area contributed by atoms with Crippen LogP contribution in [0, 0.1) is 0 Å². The number of carboxylic acid groups (broad SMARTS) is 1. The van der Waals surface area contributed by atoms with Gasteiger partial charge in [0.1, 0.15) is 5.25 Å². The third-order valence-electron chi connectivity index (χ3n) is 4.71. The number of carbonyl (C=O) groups is 1. The first-order chi connectivity index (χ1) is 13.0. The average molecular weight is 383 g/mol. The number of hydrogen-bond acceptors (Lipinski definition) is 3. The van der Waals surface area contributed by atoms with Gasteiger partial charge < -0.3 is 15.0 Å². The third-order valence-corrected chi connectivity index (χ3v) is 6.10. The van der Waals surface area contributed by atoms with E-state index in [1.165, 1.54) is 22.7 Å². The van der Waals surface area contributed by atoms with Crippen molar-refractivity contribution in [2.75, 3.05) is 20.6 Å². The van der Waals surface area contributed by atoms with Gasteiger partial charge in [-0.2, -0.15) is 0 Å². The molecule has 2 aromatic carbocycles. The number of carboxylic acids is 1. The van der Waals surface area contributed by atoms with E-state index >= 15 is 0 Å². The molecule has 0 bridgehead atoms. The SMILES string of the molecule is CC(SC(c1ccccc1)c1[nH]c2ccccc2c1CCN(C)C)C(=O)O. The van der Waals surface area contributed by atoms with Gasteiger partial charge in [-0.05, 0) is 44.6 Å². The number of para-hydroxylation sites is 1. The van der Waals surface area contributed by atoms with Crippen molar-refractivity contribution in [2.24, 2.45) is 0 Å². The lowest BCUT2D eigenvalue weighted by Crippen LogP contribution is -2.17. The fourth-order valence-electron chi connectivity index (χ4n) is 3.25. The van der Waals surface area contributed by atoms with Crippen molar-refractivity contribution < 1.29 is 9.90 Å². The maximum atomic E-state index is 11.5. The largest absolute Gasteiger partial charge is 0.480 e. The predicted octanol–water partition coefficient (Wildman–Crippen LogP) is 4.57. The number of hydrogen-bond donors (Lipinski definition) is 2. The molecule has 0 radical (unpaired) electrons. The summed E-state index contributed by atoms with van der Waals surface area (Å²) in [7, 11) is 4.15. The minimum Gasteiger partial charge on any atom is -0.480 e. The van der Waals surface area contributed by atoms with E-state index in [4.69, 9.17) is 0 Å². The minimum atomic E-state index is -0.785. The van der Waals surface area contributed by atoms with Crippen LogP contribution in [-0.4, -0.2) is 46.8 Å². The highest BCUT2D eigenvalue weighted by molar-refractivity contribution is 8.01. The first-order valence-corrected chi connectivity index (χ1v) is 10.1. The second kappa shape index (κ2) is 8.63. The van der Waals surface area contributed by atoms with Crippen LogP contribution in [0.25, 0.3) is 10.9 Å². The van der Waals surface area contributed by atoms with Gasteiger partial charge in [-0.25, -0.2) is 0 Å². The lowest BCUT2D eigenvalue weighted by molar-refractivity contribution is -0.136. The zero-order valence-corrected chi connectivity index (χ0v) is 16.8. The maximum Gasteiger partial charge on any atom is 0.316 e. The Kier molecular flexibility index (Phi) is 6.24. The quantitative estimate of drug-likeness (QED) is 0.599. The number of benzene rings is 2. The van der Waals surface area contributed by atoms with Crippen LogP contribution in [-0.2, 0) is 11.2 Å². The summed E-state index contributed by atoms with van der Waals surface area (Å²) >= 11 is 1.48. The van der Waals surface area contributed by atoms with Gasteiger partial charge in [0.15, 0.2) is 0 Å². The molecule has 0 aliphatic heterocycles. The molecule has 0 aliphatic rings. The fourth-order valence-corrected chi connectivity index (χ4v) is 4.43. The molecule has 1 heterocycles. The highest BCUT2D eigenvalue weighted by atomic mass is 32.2. The summed E-state index contributed by atoms with van der Waals surface area (Å²) in [5, 5.41) is 10.1. The van der Waals surface area contributed by atoms with E-state index in [9.17, 15) is 9.90 Å². The zero-order valence-electron chi connectivity index (χ0n) is 16.0. The molecule has 142 valence electrons. The molecule has 2 atom stereocenters. The van der Waals surface area contributed by atoms with Crippen molar-refractivity contribution in [1.29, 1.82) is 0 Å². The van der Waals surface area contributed by atoms with Gasteiger partial charge in [-0.15, -0.1) is 11.8 Å². The number of aromatic nitrogens is 1. The van der Waals surface area contributed by atoms with Crippen LogP contribution in [0.4, 0.5) is 0 Å². The standard InChI is InChI=1S/C22H26N2O2S/c1-15(22(25)26)27-21(16-9-5-4-6-10-16)20-18(13-14-24(2)3)17-11-7-8-12-19(17)23-20/h4-12,15,21,23H,13-14H2,1-3H3,(H,25,26). The third kappa shape index (κ3) is 4.54. The molecular weight excluding hydrogens is 356 g/mol. The first-order valence-electron chi connectivity index (χ1n) is 9.14. The molecule has 0 saturated heterocycles. The Morgan fingerprint density at radius 3 is 2.44 bits per heavy atom. The van der Waals surface area contributed by atoms with Crippen molar-refractivity contribution in [2.45, 2.75) is 23.8 Å². The number of fused-ring (bicyclic) bond motifs is 1. The van der Waals surface area contributed by atoms with Crippen molar-refractivity contribution in [3.8, 4) is 0 Å². The topological polar surface area (TPSA) is 56.3 Å². The first kappa shape index (κ1) is 19.5. The van der Waals surface area contributed by atoms with Gasteiger partial charge in [-0.3, -0.25) is 4.79 Å². The van der Waals surface area contributed by atoms with Crippen molar-refractivity contribution in [1.82, 2.24) is 9.88 Å². The summed E-state index contributed by atoms with van der Waals surface area (Å²) in [6.45, 7) is 2.70. The van der Waals surface area contributed by atoms with Crippen LogP contribution in [0.1, 0.15) is 29.0 Å². The van der Waals surface area contributed by atoms with Gasteiger partial charge in [0.2, 0.25) is 0 Å². The number of likely N-dealkylation sites (N-methyl/N-ethyl adjacent to an activating group) is 1. The van der Waals surface area contributed by atoms with Crippen molar-refractivity contribution >= 4 is 28.6 Å². The minimum absolute atomic E-state index is 0.0538. The highest BCUT2D eigenvalue weighted by Crippen LogP contribution is 2.41. The summed E-state index contributed by atoms with van der Waals surface area (Å²) in [6, 6.07) is 18.5. The van der Waals surface area contributed by atoms with Gasteiger partial charge in [-0.1, -0.05) is 48.5 Å². The second-order valence-electron chi connectivity index (χ2n) is 7.02. The van der Waals surface area contributed by atoms with Gasteiger partial charge >= 0.3 is 5.97 Å². The molecule has 27 heavy (non-hydrogen) atoms. The molecule has 0 aliphatic carbocycles. The lowest BCUT2D eigenvalue weighted by atomic mass is 10.0. The Hall–Kier alpha value is -2.24. The molecule has 3 rings (SSSR count). The molecule has 0 spiro atoms. The van der Waals surface area contributed by atoms with E-state index in [0.717, 1.165) is 29.7 Å². The Balaban J connectivity index is 2.11. The molecule has 4 nitrogen and oxygen atoms in total. The number of H-pyrrole nitrogens is 1. The summed E-state index contributed by atoms with van der Waals surface area (Å²) in [6.07, 6.45) is 0.914. The van der Waals surface area contributed by atoms with Crippen LogP contribution in [0.2, 0.25) is 0 Å². The monoisotopic (exact) mass is 382 g/mol. The summed E-state index contributed by atoms with van der Waals surface area (Å²) in [5.74, 6) is -0.785. The number of aliphatic carboxylic acids is 1. The van der Waals surface area contributed by atoms with Crippen LogP contribution in [0.5, 0.6) is 0 Å². The number of rotatable bonds is 8. The molecule has 0 saturated carbocycles. The summed E-state index contributed by atoms with van der Waals surface area (Å²) in [5.41, 5.74) is 4.61. The number of thioether (sulfide) groups is 1. The Morgan fingerprint density at radius 2 is 1.78 bits per heavy atom. The Labute approximate surface area is 164 Å². The zero-order chi connectivity index (χ0) is 19.4. The molecule has 1 aromatic heterocycles. The molecule has 2 unspecified atom stereocenters. The summed E-state index contributed by atoms with van der Waals surface area (Å²) in [4.78, 5) is 17.3. The second-order valence-corrected chi connectivity index (χ2v) is 8.47. The molecule has 0 fully saturated rings. The maximum absolute atomic E-state index is 11.5. The van der Waals surface area contributed by atoms with Crippen molar-refractivity contribution in [3.05, 3.63) is 71.4 Å². The lowest BCUT2D eigenvalue weighted by Gasteiger charge is -2.21. The van der Waals surface area contributed by atoms with Crippen LogP contribution < -0.4 is 0 Å². The van der Waals surface area contributed by atoms with Crippen LogP contribution in [0.15, 0.2) is 54.6 Å².